The molecule has 156 valence electrons. The Hall–Kier alpha value is -2.19. The van der Waals surface area contributed by atoms with Crippen molar-refractivity contribution >= 4 is 15.9 Å². The SMILES string of the molecule is O=C(NCCn1ncc2c1CCCC2)c1ccc(S(=O)(=O)N2CCCCC2)cc1. The third kappa shape index (κ3) is 4.38. The minimum absolute atomic E-state index is 0.201. The van der Waals surface area contributed by atoms with E-state index in [2.05, 4.69) is 10.4 Å². The predicted octanol–water partition coefficient (Wildman–Crippen LogP) is 2.37. The fraction of sp³-hybridized carbons (Fsp3) is 0.524. The van der Waals surface area contributed by atoms with Crippen LogP contribution in [0.25, 0.3) is 0 Å². The van der Waals surface area contributed by atoms with Crippen molar-refractivity contribution in [3.05, 3.63) is 47.3 Å². The normalized spacial score (nSPS) is 17.7. The van der Waals surface area contributed by atoms with Crippen molar-refractivity contribution in [1.82, 2.24) is 19.4 Å². The summed E-state index contributed by atoms with van der Waals surface area (Å²) in [5.41, 5.74) is 3.08. The molecular weight excluding hydrogens is 388 g/mol. The van der Waals surface area contributed by atoms with Gasteiger partial charge in [0.15, 0.2) is 0 Å². The summed E-state index contributed by atoms with van der Waals surface area (Å²) in [4.78, 5) is 12.7. The molecule has 1 aromatic heterocycles. The maximum Gasteiger partial charge on any atom is 0.251 e. The molecule has 2 aliphatic rings. The van der Waals surface area contributed by atoms with Gasteiger partial charge in [-0.1, -0.05) is 6.42 Å². The number of piperidine rings is 1. The number of aromatic nitrogens is 2. The molecule has 29 heavy (non-hydrogen) atoms. The Balaban J connectivity index is 1.34. The van der Waals surface area contributed by atoms with E-state index in [0.29, 0.717) is 31.7 Å². The summed E-state index contributed by atoms with van der Waals surface area (Å²) in [7, 11) is -3.47. The molecule has 4 rings (SSSR count). The zero-order valence-electron chi connectivity index (χ0n) is 16.6. The first kappa shape index (κ1) is 20.1. The van der Waals surface area contributed by atoms with E-state index in [9.17, 15) is 13.2 Å². The molecule has 1 aliphatic carbocycles. The first-order valence-corrected chi connectivity index (χ1v) is 11.9. The first-order valence-electron chi connectivity index (χ1n) is 10.5. The van der Waals surface area contributed by atoms with Crippen LogP contribution in [0.2, 0.25) is 0 Å². The highest BCUT2D eigenvalue weighted by Gasteiger charge is 2.26. The number of fused-ring (bicyclic) bond motifs is 1. The third-order valence-corrected chi connectivity index (χ3v) is 7.74. The van der Waals surface area contributed by atoms with Gasteiger partial charge < -0.3 is 5.32 Å². The van der Waals surface area contributed by atoms with Crippen molar-refractivity contribution < 1.29 is 13.2 Å². The first-order chi connectivity index (χ1) is 14.1. The number of carbonyl (C=O) groups excluding carboxylic acids is 1. The van der Waals surface area contributed by atoms with E-state index in [1.54, 1.807) is 12.1 Å². The Labute approximate surface area is 172 Å². The van der Waals surface area contributed by atoms with Crippen molar-refractivity contribution in [1.29, 1.82) is 0 Å². The zero-order valence-corrected chi connectivity index (χ0v) is 17.5. The number of rotatable bonds is 6. The molecule has 0 spiro atoms. The second-order valence-electron chi connectivity index (χ2n) is 7.79. The van der Waals surface area contributed by atoms with Crippen LogP contribution < -0.4 is 5.32 Å². The Morgan fingerprint density at radius 3 is 2.48 bits per heavy atom. The minimum atomic E-state index is -3.47. The highest BCUT2D eigenvalue weighted by molar-refractivity contribution is 7.89. The molecule has 0 bridgehead atoms. The van der Waals surface area contributed by atoms with E-state index < -0.39 is 10.0 Å². The molecule has 1 amide bonds. The summed E-state index contributed by atoms with van der Waals surface area (Å²) in [5.74, 6) is -0.201. The largest absolute Gasteiger partial charge is 0.350 e. The summed E-state index contributed by atoms with van der Waals surface area (Å²) >= 11 is 0. The standard InChI is InChI=1S/C21H28N4O3S/c26-21(22-12-15-25-20-7-3-2-6-18(20)16-23-25)17-8-10-19(11-9-17)29(27,28)24-13-4-1-5-14-24/h8-11,16H,1-7,12-15H2,(H,22,26). The average Bonchev–Trinajstić information content (AvgIpc) is 3.17. The molecule has 1 N–H and O–H groups in total. The summed E-state index contributed by atoms with van der Waals surface area (Å²) in [6.07, 6.45) is 9.38. The molecule has 0 radical (unpaired) electrons. The van der Waals surface area contributed by atoms with E-state index in [1.807, 2.05) is 10.9 Å². The quantitative estimate of drug-likeness (QED) is 0.784. The smallest absolute Gasteiger partial charge is 0.251 e. The topological polar surface area (TPSA) is 84.3 Å². The molecule has 8 heteroatoms. The molecule has 7 nitrogen and oxygen atoms in total. The molecule has 1 fully saturated rings. The van der Waals surface area contributed by atoms with Gasteiger partial charge in [0.25, 0.3) is 5.91 Å². The fourth-order valence-electron chi connectivity index (χ4n) is 4.16. The zero-order chi connectivity index (χ0) is 20.3. The van der Waals surface area contributed by atoms with E-state index in [4.69, 9.17) is 0 Å². The minimum Gasteiger partial charge on any atom is -0.350 e. The van der Waals surface area contributed by atoms with Crippen molar-refractivity contribution in [2.45, 2.75) is 56.4 Å². The molecule has 0 atom stereocenters. The van der Waals surface area contributed by atoms with Gasteiger partial charge in [-0.05, 0) is 68.4 Å². The lowest BCUT2D eigenvalue weighted by Crippen LogP contribution is -2.35. The van der Waals surface area contributed by atoms with Crippen molar-refractivity contribution in [3.63, 3.8) is 0 Å². The summed E-state index contributed by atoms with van der Waals surface area (Å²) in [5, 5.41) is 7.35. The van der Waals surface area contributed by atoms with Crippen LogP contribution in [0.3, 0.4) is 0 Å². The Morgan fingerprint density at radius 2 is 1.72 bits per heavy atom. The molecule has 1 aromatic carbocycles. The number of hydrogen-bond donors (Lipinski definition) is 1. The second kappa shape index (κ2) is 8.67. The molecule has 0 unspecified atom stereocenters. The van der Waals surface area contributed by atoms with Gasteiger partial charge in [-0.2, -0.15) is 9.40 Å². The third-order valence-electron chi connectivity index (χ3n) is 5.82. The Morgan fingerprint density at radius 1 is 1.00 bits per heavy atom. The van der Waals surface area contributed by atoms with Crippen LogP contribution in [0.4, 0.5) is 0 Å². The van der Waals surface area contributed by atoms with Crippen LogP contribution >= 0.6 is 0 Å². The van der Waals surface area contributed by atoms with Crippen LogP contribution in [0.1, 0.15) is 53.7 Å². The molecule has 0 saturated carbocycles. The number of sulfonamides is 1. The second-order valence-corrected chi connectivity index (χ2v) is 9.73. The Bertz CT molecular complexity index is 960. The van der Waals surface area contributed by atoms with Crippen LogP contribution in [0.5, 0.6) is 0 Å². The van der Waals surface area contributed by atoms with Gasteiger partial charge in [0.1, 0.15) is 0 Å². The molecule has 2 aromatic rings. The van der Waals surface area contributed by atoms with Gasteiger partial charge in [0.05, 0.1) is 17.6 Å². The monoisotopic (exact) mass is 416 g/mol. The number of nitrogens with one attached hydrogen (secondary N) is 1. The number of aryl methyl sites for hydroxylation is 1. The molecular formula is C21H28N4O3S. The van der Waals surface area contributed by atoms with Crippen LogP contribution in [0.15, 0.2) is 35.4 Å². The lowest BCUT2D eigenvalue weighted by Gasteiger charge is -2.25. The van der Waals surface area contributed by atoms with Gasteiger partial charge in [-0.3, -0.25) is 9.48 Å². The van der Waals surface area contributed by atoms with Gasteiger partial charge in [-0.25, -0.2) is 8.42 Å². The number of hydrogen-bond acceptors (Lipinski definition) is 4. The fourth-order valence-corrected chi connectivity index (χ4v) is 5.68. The number of amides is 1. The van der Waals surface area contributed by atoms with Gasteiger partial charge >= 0.3 is 0 Å². The summed E-state index contributed by atoms with van der Waals surface area (Å²) in [6.45, 7) is 2.27. The summed E-state index contributed by atoms with van der Waals surface area (Å²) < 4.78 is 28.9. The van der Waals surface area contributed by atoms with Crippen LogP contribution in [-0.2, 0) is 29.4 Å². The Kier molecular flexibility index (Phi) is 6.01. The average molecular weight is 417 g/mol. The van der Waals surface area contributed by atoms with E-state index >= 15 is 0 Å². The predicted molar refractivity (Wildman–Crippen MR) is 110 cm³/mol. The molecule has 2 heterocycles. The molecule has 1 saturated heterocycles. The molecule has 1 aliphatic heterocycles. The van der Waals surface area contributed by atoms with Crippen LogP contribution in [0, 0.1) is 0 Å². The number of nitrogens with zero attached hydrogens (tertiary/aromatic N) is 3. The lowest BCUT2D eigenvalue weighted by atomic mass is 9.98. The maximum absolute atomic E-state index is 12.7. The summed E-state index contributed by atoms with van der Waals surface area (Å²) in [6, 6.07) is 6.23. The highest BCUT2D eigenvalue weighted by Crippen LogP contribution is 2.21. The maximum atomic E-state index is 12.7. The van der Waals surface area contributed by atoms with Crippen molar-refractivity contribution in [3.8, 4) is 0 Å². The number of benzene rings is 1. The highest BCUT2D eigenvalue weighted by atomic mass is 32.2. The van der Waals surface area contributed by atoms with Gasteiger partial charge in [0, 0.05) is 30.9 Å². The van der Waals surface area contributed by atoms with E-state index in [-0.39, 0.29) is 10.8 Å². The van der Waals surface area contributed by atoms with Gasteiger partial charge in [-0.15, -0.1) is 0 Å². The van der Waals surface area contributed by atoms with Gasteiger partial charge in [0.2, 0.25) is 10.0 Å². The number of carbonyl (C=O) groups is 1. The lowest BCUT2D eigenvalue weighted by molar-refractivity contribution is 0.0951. The van der Waals surface area contributed by atoms with Crippen molar-refractivity contribution in [2.75, 3.05) is 19.6 Å². The van der Waals surface area contributed by atoms with Crippen molar-refractivity contribution in [2.24, 2.45) is 0 Å². The van der Waals surface area contributed by atoms with Crippen LogP contribution in [-0.4, -0.2) is 48.0 Å². The van der Waals surface area contributed by atoms with E-state index in [0.717, 1.165) is 32.1 Å². The van der Waals surface area contributed by atoms with E-state index in [1.165, 1.54) is 40.5 Å².